The highest BCUT2D eigenvalue weighted by molar-refractivity contribution is 7.80. The van der Waals surface area contributed by atoms with E-state index in [9.17, 15) is 0 Å². The van der Waals surface area contributed by atoms with Crippen molar-refractivity contribution in [2.45, 2.75) is 31.9 Å². The molecule has 4 nitrogen and oxygen atoms in total. The van der Waals surface area contributed by atoms with Gasteiger partial charge in [0, 0.05) is 18.0 Å². The zero-order chi connectivity index (χ0) is 14.8. The lowest BCUT2D eigenvalue weighted by Crippen LogP contribution is -2.41. The standard InChI is InChI=1S/C16H19N3OS/c1-2-20-12-8-11(9-12)18-16-13(15(17)21)7-10-5-3-4-6-14(10)19-16/h3-7,11-12H,2,8-9H2,1H3,(H2,17,21)(H,18,19). The SMILES string of the molecule is CCOC1CC(Nc2nc3ccccc3cc2C(N)=S)C1. The highest BCUT2D eigenvalue weighted by atomic mass is 32.1. The van der Waals surface area contributed by atoms with Crippen LogP contribution in [0.15, 0.2) is 30.3 Å². The molecule has 110 valence electrons. The van der Waals surface area contributed by atoms with E-state index in [0.29, 0.717) is 17.1 Å². The molecular formula is C16H19N3OS. The summed E-state index contributed by atoms with van der Waals surface area (Å²) in [6, 6.07) is 10.4. The molecule has 0 aliphatic heterocycles. The summed E-state index contributed by atoms with van der Waals surface area (Å²) in [5, 5.41) is 4.50. The van der Waals surface area contributed by atoms with E-state index in [0.717, 1.165) is 41.7 Å². The molecule has 0 bridgehead atoms. The summed E-state index contributed by atoms with van der Waals surface area (Å²) >= 11 is 5.16. The van der Waals surface area contributed by atoms with E-state index in [1.165, 1.54) is 0 Å². The largest absolute Gasteiger partial charge is 0.389 e. The second-order valence-corrected chi connectivity index (χ2v) is 5.77. The Morgan fingerprint density at radius 3 is 2.90 bits per heavy atom. The summed E-state index contributed by atoms with van der Waals surface area (Å²) in [6.07, 6.45) is 2.36. The molecule has 3 rings (SSSR count). The van der Waals surface area contributed by atoms with Gasteiger partial charge in [0.05, 0.1) is 17.2 Å². The van der Waals surface area contributed by atoms with Gasteiger partial charge in [0.15, 0.2) is 0 Å². The Kier molecular flexibility index (Phi) is 4.03. The second-order valence-electron chi connectivity index (χ2n) is 5.33. The number of hydrogen-bond donors (Lipinski definition) is 2. The average molecular weight is 301 g/mol. The first-order valence-electron chi connectivity index (χ1n) is 7.25. The van der Waals surface area contributed by atoms with Crippen molar-refractivity contribution in [3.05, 3.63) is 35.9 Å². The van der Waals surface area contributed by atoms with Crippen LogP contribution in [0.25, 0.3) is 10.9 Å². The number of nitrogens with two attached hydrogens (primary N) is 1. The number of para-hydroxylation sites is 1. The fraction of sp³-hybridized carbons (Fsp3) is 0.375. The number of nitrogens with zero attached hydrogens (tertiary/aromatic N) is 1. The number of pyridine rings is 1. The Bertz CT molecular complexity index is 668. The smallest absolute Gasteiger partial charge is 0.137 e. The number of nitrogens with one attached hydrogen (secondary N) is 1. The van der Waals surface area contributed by atoms with Crippen LogP contribution in [0.2, 0.25) is 0 Å². The minimum absolute atomic E-state index is 0.362. The average Bonchev–Trinajstić information content (AvgIpc) is 2.44. The maximum Gasteiger partial charge on any atom is 0.137 e. The minimum Gasteiger partial charge on any atom is -0.389 e. The first-order valence-corrected chi connectivity index (χ1v) is 7.66. The first kappa shape index (κ1) is 14.2. The molecule has 1 aliphatic carbocycles. The van der Waals surface area contributed by atoms with Gasteiger partial charge in [-0.2, -0.15) is 0 Å². The molecule has 0 unspecified atom stereocenters. The third-order valence-corrected chi connectivity index (χ3v) is 4.05. The predicted octanol–water partition coefficient (Wildman–Crippen LogP) is 2.85. The van der Waals surface area contributed by atoms with Crippen molar-refractivity contribution >= 4 is 33.9 Å². The lowest BCUT2D eigenvalue weighted by Gasteiger charge is -2.36. The first-order chi connectivity index (χ1) is 10.2. The highest BCUT2D eigenvalue weighted by Gasteiger charge is 2.30. The molecule has 5 heteroatoms. The molecule has 1 aromatic carbocycles. The molecule has 0 spiro atoms. The van der Waals surface area contributed by atoms with E-state index >= 15 is 0 Å². The second kappa shape index (κ2) is 5.95. The van der Waals surface area contributed by atoms with Gasteiger partial charge in [-0.1, -0.05) is 30.4 Å². The highest BCUT2D eigenvalue weighted by Crippen LogP contribution is 2.28. The molecular weight excluding hydrogens is 282 g/mol. The number of fused-ring (bicyclic) bond motifs is 1. The Morgan fingerprint density at radius 1 is 1.43 bits per heavy atom. The zero-order valence-electron chi connectivity index (χ0n) is 12.0. The summed E-state index contributed by atoms with van der Waals surface area (Å²) in [4.78, 5) is 5.04. The lowest BCUT2D eigenvalue weighted by molar-refractivity contribution is 0.00293. The molecule has 0 atom stereocenters. The molecule has 0 radical (unpaired) electrons. The van der Waals surface area contributed by atoms with E-state index < -0.39 is 0 Å². The molecule has 21 heavy (non-hydrogen) atoms. The van der Waals surface area contributed by atoms with Crippen LogP contribution in [0.3, 0.4) is 0 Å². The number of thiocarbonyl (C=S) groups is 1. The van der Waals surface area contributed by atoms with Gasteiger partial charge in [-0.15, -0.1) is 0 Å². The van der Waals surface area contributed by atoms with Crippen molar-refractivity contribution in [1.29, 1.82) is 0 Å². The molecule has 1 fully saturated rings. The summed E-state index contributed by atoms with van der Waals surface area (Å²) < 4.78 is 5.58. The number of aromatic nitrogens is 1. The fourth-order valence-electron chi connectivity index (χ4n) is 2.66. The summed E-state index contributed by atoms with van der Waals surface area (Å²) in [7, 11) is 0. The monoisotopic (exact) mass is 301 g/mol. The van der Waals surface area contributed by atoms with Gasteiger partial charge in [-0.3, -0.25) is 0 Å². The Balaban J connectivity index is 1.83. The molecule has 2 aromatic rings. The predicted molar refractivity (Wildman–Crippen MR) is 89.7 cm³/mol. The van der Waals surface area contributed by atoms with Gasteiger partial charge in [-0.05, 0) is 31.9 Å². The number of rotatable bonds is 5. The van der Waals surface area contributed by atoms with Crippen molar-refractivity contribution in [1.82, 2.24) is 4.98 Å². The maximum atomic E-state index is 5.84. The normalized spacial score (nSPS) is 21.0. The van der Waals surface area contributed by atoms with Crippen LogP contribution in [0, 0.1) is 0 Å². The van der Waals surface area contributed by atoms with Crippen molar-refractivity contribution in [2.24, 2.45) is 5.73 Å². The minimum atomic E-state index is 0.362. The van der Waals surface area contributed by atoms with Gasteiger partial charge in [0.2, 0.25) is 0 Å². The van der Waals surface area contributed by atoms with Crippen LogP contribution in [-0.2, 0) is 4.74 Å². The lowest BCUT2D eigenvalue weighted by atomic mass is 9.89. The van der Waals surface area contributed by atoms with E-state index in [1.807, 2.05) is 37.3 Å². The molecule has 1 aromatic heterocycles. The van der Waals surface area contributed by atoms with Crippen molar-refractivity contribution in [2.75, 3.05) is 11.9 Å². The van der Waals surface area contributed by atoms with E-state index in [1.54, 1.807) is 0 Å². The van der Waals surface area contributed by atoms with Gasteiger partial charge in [0.1, 0.15) is 10.8 Å². The molecule has 0 saturated heterocycles. The van der Waals surface area contributed by atoms with Gasteiger partial charge in [0.25, 0.3) is 0 Å². The molecule has 1 heterocycles. The number of hydrogen-bond acceptors (Lipinski definition) is 4. The molecule has 3 N–H and O–H groups in total. The quantitative estimate of drug-likeness (QED) is 0.832. The summed E-state index contributed by atoms with van der Waals surface area (Å²) in [5.74, 6) is 0.779. The molecule has 1 saturated carbocycles. The van der Waals surface area contributed by atoms with Crippen molar-refractivity contribution in [3.8, 4) is 0 Å². The van der Waals surface area contributed by atoms with Crippen LogP contribution in [-0.4, -0.2) is 28.7 Å². The topological polar surface area (TPSA) is 60.2 Å². The fourth-order valence-corrected chi connectivity index (χ4v) is 2.82. The summed E-state index contributed by atoms with van der Waals surface area (Å²) in [5.41, 5.74) is 7.60. The Hall–Kier alpha value is -1.72. The van der Waals surface area contributed by atoms with Crippen LogP contribution in [0.4, 0.5) is 5.82 Å². The van der Waals surface area contributed by atoms with Crippen LogP contribution >= 0.6 is 12.2 Å². The number of benzene rings is 1. The Morgan fingerprint density at radius 2 is 2.19 bits per heavy atom. The number of anilines is 1. The van der Waals surface area contributed by atoms with Gasteiger partial charge in [-0.25, -0.2) is 4.98 Å². The molecule has 0 amide bonds. The Labute approximate surface area is 129 Å². The van der Waals surface area contributed by atoms with Crippen LogP contribution < -0.4 is 11.1 Å². The van der Waals surface area contributed by atoms with Crippen molar-refractivity contribution in [3.63, 3.8) is 0 Å². The van der Waals surface area contributed by atoms with E-state index in [-0.39, 0.29) is 0 Å². The third-order valence-electron chi connectivity index (χ3n) is 3.83. The van der Waals surface area contributed by atoms with Crippen LogP contribution in [0.5, 0.6) is 0 Å². The number of ether oxygens (including phenoxy) is 1. The maximum absolute atomic E-state index is 5.84. The zero-order valence-corrected chi connectivity index (χ0v) is 12.8. The summed E-state index contributed by atoms with van der Waals surface area (Å²) in [6.45, 7) is 2.79. The van der Waals surface area contributed by atoms with Gasteiger partial charge >= 0.3 is 0 Å². The molecule has 1 aliphatic rings. The van der Waals surface area contributed by atoms with E-state index in [4.69, 9.17) is 22.7 Å². The van der Waals surface area contributed by atoms with Crippen LogP contribution in [0.1, 0.15) is 25.3 Å². The van der Waals surface area contributed by atoms with Crippen molar-refractivity contribution < 1.29 is 4.74 Å². The third kappa shape index (κ3) is 2.99. The van der Waals surface area contributed by atoms with Gasteiger partial charge < -0.3 is 15.8 Å². The van der Waals surface area contributed by atoms with E-state index in [2.05, 4.69) is 10.3 Å².